The molecule has 1 amide bonds. The van der Waals surface area contributed by atoms with Gasteiger partial charge in [-0.3, -0.25) is 14.5 Å². The van der Waals surface area contributed by atoms with Gasteiger partial charge in [0, 0.05) is 55.4 Å². The smallest absolute Gasteiger partial charge is 0.257 e. The Labute approximate surface area is 207 Å². The zero-order valence-corrected chi connectivity index (χ0v) is 20.1. The summed E-state index contributed by atoms with van der Waals surface area (Å²) in [7, 11) is 0. The van der Waals surface area contributed by atoms with E-state index in [4.69, 9.17) is 23.8 Å². The van der Waals surface area contributed by atoms with Crippen LogP contribution in [0.15, 0.2) is 48.5 Å². The van der Waals surface area contributed by atoms with Crippen molar-refractivity contribution < 1.29 is 9.59 Å². The molecule has 1 unspecified atom stereocenters. The molecule has 176 valence electrons. The van der Waals surface area contributed by atoms with E-state index >= 15 is 0 Å². The molecule has 34 heavy (non-hydrogen) atoms. The minimum absolute atomic E-state index is 0.0478. The van der Waals surface area contributed by atoms with Gasteiger partial charge in [0.15, 0.2) is 0 Å². The third kappa shape index (κ3) is 4.64. The number of piperazine rings is 1. The number of nitrogens with zero attached hydrogens (tertiary/aromatic N) is 4. The molecule has 2 N–H and O–H groups in total. The van der Waals surface area contributed by atoms with E-state index in [1.54, 1.807) is 0 Å². The van der Waals surface area contributed by atoms with Gasteiger partial charge in [-0.2, -0.15) is 0 Å². The van der Waals surface area contributed by atoms with Crippen molar-refractivity contribution in [3.8, 4) is 0 Å². The summed E-state index contributed by atoms with van der Waals surface area (Å²) in [6.07, 6.45) is 0.0478. The Hall–Kier alpha value is -3.01. The molecule has 2 aromatic carbocycles. The number of aromatic nitrogens is 2. The standard InChI is InChI=1S/C24H25ClN6O2S/c25-16-4-3-5-17(14-16)30-12-10-29(11-13-30)9-8-26-21(32)15-20-23(33)31-22(27-20)18-6-1-2-7-19(18)28-24(31)34/h1-7,14,20,27H,8-13,15H2,(H,26,32). The van der Waals surface area contributed by atoms with E-state index in [2.05, 4.69) is 31.5 Å². The van der Waals surface area contributed by atoms with Crippen LogP contribution >= 0.6 is 23.8 Å². The van der Waals surface area contributed by atoms with Gasteiger partial charge in [0.2, 0.25) is 10.7 Å². The van der Waals surface area contributed by atoms with Crippen LogP contribution in [0.1, 0.15) is 11.2 Å². The molecule has 1 saturated heterocycles. The largest absolute Gasteiger partial charge is 0.369 e. The average molecular weight is 497 g/mol. The fraction of sp³-hybridized carbons (Fsp3) is 0.333. The van der Waals surface area contributed by atoms with E-state index < -0.39 is 6.04 Å². The Bertz CT molecular complexity index is 1300. The van der Waals surface area contributed by atoms with Gasteiger partial charge < -0.3 is 15.5 Å². The SMILES string of the molecule is O=C(CC1Nc2c3ccccc3nc(=S)n2C1=O)NCCN1CCN(c2cccc(Cl)c2)CC1. The first-order chi connectivity index (χ1) is 16.5. The van der Waals surface area contributed by atoms with Crippen molar-refractivity contribution in [2.75, 3.05) is 49.5 Å². The fourth-order valence-corrected chi connectivity index (χ4v) is 4.99. The summed E-state index contributed by atoms with van der Waals surface area (Å²) in [5, 5.41) is 7.69. The Morgan fingerprint density at radius 1 is 1.15 bits per heavy atom. The highest BCUT2D eigenvalue weighted by atomic mass is 35.5. The Kier molecular flexibility index (Phi) is 6.49. The van der Waals surface area contributed by atoms with E-state index in [9.17, 15) is 9.59 Å². The Morgan fingerprint density at radius 3 is 2.74 bits per heavy atom. The molecule has 3 aromatic rings. The van der Waals surface area contributed by atoms with Crippen LogP contribution in [0.4, 0.5) is 11.5 Å². The van der Waals surface area contributed by atoms with Gasteiger partial charge in [-0.25, -0.2) is 9.55 Å². The summed E-state index contributed by atoms with van der Waals surface area (Å²) in [4.78, 5) is 34.4. The maximum Gasteiger partial charge on any atom is 0.257 e. The zero-order chi connectivity index (χ0) is 23.7. The molecular formula is C24H25ClN6O2S. The van der Waals surface area contributed by atoms with Crippen LogP contribution in [0, 0.1) is 4.77 Å². The molecule has 0 radical (unpaired) electrons. The summed E-state index contributed by atoms with van der Waals surface area (Å²) in [6, 6.07) is 14.8. The lowest BCUT2D eigenvalue weighted by molar-refractivity contribution is -0.121. The minimum Gasteiger partial charge on any atom is -0.369 e. The quantitative estimate of drug-likeness (QED) is 0.507. The van der Waals surface area contributed by atoms with Crippen LogP contribution < -0.4 is 15.5 Å². The van der Waals surface area contributed by atoms with Crippen molar-refractivity contribution in [2.45, 2.75) is 12.5 Å². The van der Waals surface area contributed by atoms with Crippen molar-refractivity contribution in [3.05, 3.63) is 58.3 Å². The highest BCUT2D eigenvalue weighted by molar-refractivity contribution is 7.71. The van der Waals surface area contributed by atoms with Gasteiger partial charge in [0.05, 0.1) is 11.9 Å². The predicted octanol–water partition coefficient (Wildman–Crippen LogP) is 3.18. The third-order valence-electron chi connectivity index (χ3n) is 6.30. The van der Waals surface area contributed by atoms with Crippen LogP contribution in [0.2, 0.25) is 5.02 Å². The van der Waals surface area contributed by atoms with E-state index in [0.29, 0.717) is 12.4 Å². The number of anilines is 2. The van der Waals surface area contributed by atoms with Gasteiger partial charge >= 0.3 is 0 Å². The molecule has 1 fully saturated rings. The van der Waals surface area contributed by atoms with Gasteiger partial charge in [-0.1, -0.05) is 29.8 Å². The highest BCUT2D eigenvalue weighted by Gasteiger charge is 2.33. The predicted molar refractivity (Wildman–Crippen MR) is 136 cm³/mol. The normalized spacial score (nSPS) is 18.1. The van der Waals surface area contributed by atoms with Crippen molar-refractivity contribution in [2.24, 2.45) is 0 Å². The second-order valence-electron chi connectivity index (χ2n) is 8.49. The molecule has 3 heterocycles. The number of carbonyl (C=O) groups is 2. The number of benzene rings is 2. The number of halogens is 1. The molecule has 5 rings (SSSR count). The number of nitrogens with one attached hydrogen (secondary N) is 2. The number of fused-ring (bicyclic) bond motifs is 3. The van der Waals surface area contributed by atoms with Crippen LogP contribution in [-0.2, 0) is 4.79 Å². The van der Waals surface area contributed by atoms with Crippen LogP contribution in [-0.4, -0.2) is 71.6 Å². The first-order valence-corrected chi connectivity index (χ1v) is 12.1. The molecule has 2 aliphatic rings. The third-order valence-corrected chi connectivity index (χ3v) is 6.81. The maximum absolute atomic E-state index is 12.9. The molecular weight excluding hydrogens is 472 g/mol. The summed E-state index contributed by atoms with van der Waals surface area (Å²) in [5.74, 6) is 0.196. The number of amides is 1. The monoisotopic (exact) mass is 496 g/mol. The van der Waals surface area contributed by atoms with Gasteiger partial charge in [-0.05, 0) is 42.5 Å². The van der Waals surface area contributed by atoms with E-state index in [1.807, 2.05) is 42.5 Å². The highest BCUT2D eigenvalue weighted by Crippen LogP contribution is 2.28. The van der Waals surface area contributed by atoms with Crippen LogP contribution in [0.25, 0.3) is 10.9 Å². The molecule has 0 aliphatic carbocycles. The average Bonchev–Trinajstić information content (AvgIpc) is 3.16. The number of hydrogen-bond donors (Lipinski definition) is 2. The lowest BCUT2D eigenvalue weighted by Crippen LogP contribution is -2.48. The molecule has 8 nitrogen and oxygen atoms in total. The van der Waals surface area contributed by atoms with Gasteiger partial charge in [-0.15, -0.1) is 0 Å². The van der Waals surface area contributed by atoms with E-state index in [-0.39, 0.29) is 23.0 Å². The first-order valence-electron chi connectivity index (χ1n) is 11.3. The number of carbonyl (C=O) groups excluding carboxylic acids is 2. The number of para-hydroxylation sites is 1. The molecule has 0 bridgehead atoms. The molecule has 2 aliphatic heterocycles. The first kappa shape index (κ1) is 22.8. The molecule has 1 atom stereocenters. The van der Waals surface area contributed by atoms with Gasteiger partial charge in [0.1, 0.15) is 11.9 Å². The summed E-state index contributed by atoms with van der Waals surface area (Å²) >= 11 is 11.4. The van der Waals surface area contributed by atoms with Crippen molar-refractivity contribution in [1.29, 1.82) is 0 Å². The van der Waals surface area contributed by atoms with E-state index in [1.165, 1.54) is 4.57 Å². The zero-order valence-electron chi connectivity index (χ0n) is 18.5. The number of hydrogen-bond acceptors (Lipinski definition) is 7. The molecule has 1 aromatic heterocycles. The maximum atomic E-state index is 12.9. The van der Waals surface area contributed by atoms with Crippen molar-refractivity contribution >= 4 is 58.0 Å². The number of rotatable bonds is 6. The fourth-order valence-electron chi connectivity index (χ4n) is 4.52. The van der Waals surface area contributed by atoms with Gasteiger partial charge in [0.25, 0.3) is 5.91 Å². The molecule has 0 spiro atoms. The second-order valence-corrected chi connectivity index (χ2v) is 9.29. The van der Waals surface area contributed by atoms with Crippen molar-refractivity contribution in [1.82, 2.24) is 19.8 Å². The lowest BCUT2D eigenvalue weighted by atomic mass is 10.2. The minimum atomic E-state index is -0.657. The topological polar surface area (TPSA) is 82.5 Å². The van der Waals surface area contributed by atoms with E-state index in [0.717, 1.165) is 54.3 Å². The second kappa shape index (κ2) is 9.69. The molecule has 0 saturated carbocycles. The van der Waals surface area contributed by atoms with Crippen LogP contribution in [0.5, 0.6) is 0 Å². The van der Waals surface area contributed by atoms with Crippen LogP contribution in [0.3, 0.4) is 0 Å². The summed E-state index contributed by atoms with van der Waals surface area (Å²) < 4.78 is 1.60. The summed E-state index contributed by atoms with van der Waals surface area (Å²) in [6.45, 7) is 4.96. The molecule has 10 heteroatoms. The summed E-state index contributed by atoms with van der Waals surface area (Å²) in [5.41, 5.74) is 1.86. The Morgan fingerprint density at radius 2 is 1.94 bits per heavy atom. The lowest BCUT2D eigenvalue weighted by Gasteiger charge is -2.36. The van der Waals surface area contributed by atoms with Crippen molar-refractivity contribution in [3.63, 3.8) is 0 Å². The Balaban J connectivity index is 1.10.